The van der Waals surface area contributed by atoms with E-state index in [0.29, 0.717) is 32.5 Å². The first-order chi connectivity index (χ1) is 11.9. The molecule has 9 heteroatoms. The maximum atomic E-state index is 12.0. The standard InChI is InChI=1S/C16H19Cl2N3O4/c1-2-25-16(24)21-8-6-10(7-9-21)19-14(22)15(23)20-13-11(17)4-3-5-12(13)18/h3-5,10H,2,6-9H2,1H3,(H,19,22)(H,20,23). The van der Waals surface area contributed by atoms with Crippen LogP contribution in [-0.4, -0.2) is 48.5 Å². The number of likely N-dealkylation sites (tertiary alicyclic amines) is 1. The number of nitrogens with one attached hydrogen (secondary N) is 2. The van der Waals surface area contributed by atoms with Gasteiger partial charge in [0.25, 0.3) is 0 Å². The number of benzene rings is 1. The molecule has 0 unspecified atom stereocenters. The number of halogens is 2. The van der Waals surface area contributed by atoms with Gasteiger partial charge >= 0.3 is 17.9 Å². The van der Waals surface area contributed by atoms with Gasteiger partial charge in [0.05, 0.1) is 22.3 Å². The van der Waals surface area contributed by atoms with Gasteiger partial charge in [0.15, 0.2) is 0 Å². The summed E-state index contributed by atoms with van der Waals surface area (Å²) in [6.07, 6.45) is 0.730. The Morgan fingerprint density at radius 1 is 1.16 bits per heavy atom. The number of amides is 3. The molecular weight excluding hydrogens is 369 g/mol. The molecule has 3 amide bonds. The fraction of sp³-hybridized carbons (Fsp3) is 0.438. The van der Waals surface area contributed by atoms with Gasteiger partial charge in [-0.3, -0.25) is 9.59 Å². The van der Waals surface area contributed by atoms with Crippen molar-refractivity contribution in [1.29, 1.82) is 0 Å². The first-order valence-electron chi connectivity index (χ1n) is 7.90. The van der Waals surface area contributed by atoms with Gasteiger partial charge in [-0.05, 0) is 31.9 Å². The molecule has 0 radical (unpaired) electrons. The minimum Gasteiger partial charge on any atom is -0.450 e. The molecule has 1 aliphatic heterocycles. The second-order valence-corrected chi connectivity index (χ2v) is 6.30. The lowest BCUT2D eigenvalue weighted by Gasteiger charge is -2.31. The molecule has 0 aliphatic carbocycles. The molecule has 1 aliphatic rings. The summed E-state index contributed by atoms with van der Waals surface area (Å²) >= 11 is 11.9. The molecule has 0 aromatic heterocycles. The lowest BCUT2D eigenvalue weighted by Crippen LogP contribution is -2.49. The Morgan fingerprint density at radius 2 is 1.76 bits per heavy atom. The van der Waals surface area contributed by atoms with Crippen molar-refractivity contribution in [3.63, 3.8) is 0 Å². The number of carbonyl (C=O) groups excluding carboxylic acids is 3. The number of hydrogen-bond donors (Lipinski definition) is 2. The number of hydrogen-bond acceptors (Lipinski definition) is 4. The van der Waals surface area contributed by atoms with Crippen LogP contribution in [0, 0.1) is 0 Å². The van der Waals surface area contributed by atoms with Crippen molar-refractivity contribution in [1.82, 2.24) is 10.2 Å². The maximum Gasteiger partial charge on any atom is 0.409 e. The van der Waals surface area contributed by atoms with Gasteiger partial charge in [-0.25, -0.2) is 4.79 Å². The van der Waals surface area contributed by atoms with Crippen molar-refractivity contribution in [3.8, 4) is 0 Å². The van der Waals surface area contributed by atoms with E-state index in [-0.39, 0.29) is 27.9 Å². The lowest BCUT2D eigenvalue weighted by atomic mass is 10.1. The Morgan fingerprint density at radius 3 is 2.32 bits per heavy atom. The molecule has 2 rings (SSSR count). The highest BCUT2D eigenvalue weighted by Crippen LogP contribution is 2.29. The molecule has 1 aromatic carbocycles. The van der Waals surface area contributed by atoms with E-state index < -0.39 is 11.8 Å². The molecule has 0 atom stereocenters. The van der Waals surface area contributed by atoms with Crippen molar-refractivity contribution in [2.45, 2.75) is 25.8 Å². The third-order valence-electron chi connectivity index (χ3n) is 3.76. The smallest absolute Gasteiger partial charge is 0.409 e. The molecule has 136 valence electrons. The van der Waals surface area contributed by atoms with Crippen LogP contribution >= 0.6 is 23.2 Å². The molecule has 0 spiro atoms. The highest BCUT2D eigenvalue weighted by atomic mass is 35.5. The molecule has 0 bridgehead atoms. The monoisotopic (exact) mass is 387 g/mol. The normalized spacial score (nSPS) is 14.8. The van der Waals surface area contributed by atoms with Gasteiger partial charge in [0.2, 0.25) is 0 Å². The highest BCUT2D eigenvalue weighted by molar-refractivity contribution is 6.44. The van der Waals surface area contributed by atoms with Crippen LogP contribution in [0.15, 0.2) is 18.2 Å². The predicted octanol–water partition coefficient (Wildman–Crippen LogP) is 2.67. The topological polar surface area (TPSA) is 87.7 Å². The van der Waals surface area contributed by atoms with Crippen molar-refractivity contribution in [2.24, 2.45) is 0 Å². The molecule has 1 fully saturated rings. The van der Waals surface area contributed by atoms with E-state index in [1.165, 1.54) is 0 Å². The minimum absolute atomic E-state index is 0.189. The number of nitrogens with zero attached hydrogens (tertiary/aromatic N) is 1. The van der Waals surface area contributed by atoms with Crippen molar-refractivity contribution in [2.75, 3.05) is 25.0 Å². The Balaban J connectivity index is 1.84. The maximum absolute atomic E-state index is 12.0. The molecule has 25 heavy (non-hydrogen) atoms. The van der Waals surface area contributed by atoms with Gasteiger partial charge in [-0.2, -0.15) is 0 Å². The van der Waals surface area contributed by atoms with Crippen LogP contribution < -0.4 is 10.6 Å². The van der Waals surface area contributed by atoms with E-state index in [2.05, 4.69) is 10.6 Å². The summed E-state index contributed by atoms with van der Waals surface area (Å²) in [7, 11) is 0. The summed E-state index contributed by atoms with van der Waals surface area (Å²) in [4.78, 5) is 37.3. The molecule has 1 saturated heterocycles. The summed E-state index contributed by atoms with van der Waals surface area (Å²) in [5.74, 6) is -1.62. The Bertz CT molecular complexity index is 641. The number of anilines is 1. The van der Waals surface area contributed by atoms with E-state index in [1.54, 1.807) is 30.0 Å². The largest absolute Gasteiger partial charge is 0.450 e. The molecule has 1 heterocycles. The average molecular weight is 388 g/mol. The summed E-state index contributed by atoms with van der Waals surface area (Å²) in [6, 6.07) is 4.57. The van der Waals surface area contributed by atoms with E-state index >= 15 is 0 Å². The lowest BCUT2D eigenvalue weighted by molar-refractivity contribution is -0.136. The first-order valence-corrected chi connectivity index (χ1v) is 8.65. The molecule has 2 N–H and O–H groups in total. The van der Waals surface area contributed by atoms with Crippen LogP contribution in [0.4, 0.5) is 10.5 Å². The second-order valence-electron chi connectivity index (χ2n) is 5.48. The number of piperidine rings is 1. The quantitative estimate of drug-likeness (QED) is 0.780. The van der Waals surface area contributed by atoms with E-state index in [9.17, 15) is 14.4 Å². The minimum atomic E-state index is -0.845. The number of carbonyl (C=O) groups is 3. The first kappa shape index (κ1) is 19.3. The van der Waals surface area contributed by atoms with Crippen LogP contribution in [0.1, 0.15) is 19.8 Å². The third kappa shape index (κ3) is 5.24. The van der Waals surface area contributed by atoms with Crippen molar-refractivity contribution >= 4 is 46.8 Å². The van der Waals surface area contributed by atoms with Crippen molar-refractivity contribution < 1.29 is 19.1 Å². The molecule has 1 aromatic rings. The van der Waals surface area contributed by atoms with Gasteiger partial charge in [0.1, 0.15) is 0 Å². The van der Waals surface area contributed by atoms with E-state index in [1.807, 2.05) is 0 Å². The van der Waals surface area contributed by atoms with Crippen LogP contribution in [0.25, 0.3) is 0 Å². The fourth-order valence-corrected chi connectivity index (χ4v) is 2.95. The van der Waals surface area contributed by atoms with Crippen LogP contribution in [0.2, 0.25) is 10.0 Å². The Kier molecular flexibility index (Phi) is 6.90. The number of para-hydroxylation sites is 1. The van der Waals surface area contributed by atoms with E-state index in [4.69, 9.17) is 27.9 Å². The van der Waals surface area contributed by atoms with Crippen molar-refractivity contribution in [3.05, 3.63) is 28.2 Å². The zero-order chi connectivity index (χ0) is 18.4. The zero-order valence-corrected chi connectivity index (χ0v) is 15.2. The molecule has 7 nitrogen and oxygen atoms in total. The summed E-state index contributed by atoms with van der Waals surface area (Å²) < 4.78 is 4.94. The van der Waals surface area contributed by atoms with Gasteiger partial charge < -0.3 is 20.3 Å². The van der Waals surface area contributed by atoms with Gasteiger partial charge in [0, 0.05) is 19.1 Å². The SMILES string of the molecule is CCOC(=O)N1CCC(NC(=O)C(=O)Nc2c(Cl)cccc2Cl)CC1. The number of ether oxygens (including phenoxy) is 1. The zero-order valence-electron chi connectivity index (χ0n) is 13.7. The average Bonchev–Trinajstić information content (AvgIpc) is 2.59. The molecule has 0 saturated carbocycles. The summed E-state index contributed by atoms with van der Waals surface area (Å²) in [5, 5.41) is 5.56. The van der Waals surface area contributed by atoms with Crippen LogP contribution in [0.5, 0.6) is 0 Å². The Labute approximate surface area is 155 Å². The Hall–Kier alpha value is -1.99. The second kappa shape index (κ2) is 8.92. The predicted molar refractivity (Wildman–Crippen MR) is 94.9 cm³/mol. The van der Waals surface area contributed by atoms with Crippen LogP contribution in [0.3, 0.4) is 0 Å². The summed E-state index contributed by atoms with van der Waals surface area (Å²) in [6.45, 7) is 2.98. The fourth-order valence-electron chi connectivity index (χ4n) is 2.46. The number of rotatable bonds is 3. The van der Waals surface area contributed by atoms with Crippen LogP contribution in [-0.2, 0) is 14.3 Å². The summed E-state index contributed by atoms with van der Waals surface area (Å²) in [5.41, 5.74) is 0.197. The van der Waals surface area contributed by atoms with Gasteiger partial charge in [-0.1, -0.05) is 29.3 Å². The highest BCUT2D eigenvalue weighted by Gasteiger charge is 2.26. The van der Waals surface area contributed by atoms with E-state index in [0.717, 1.165) is 0 Å². The van der Waals surface area contributed by atoms with Gasteiger partial charge in [-0.15, -0.1) is 0 Å². The molecular formula is C16H19Cl2N3O4. The third-order valence-corrected chi connectivity index (χ3v) is 4.39.